The van der Waals surface area contributed by atoms with Crippen molar-refractivity contribution in [2.24, 2.45) is 5.73 Å². The van der Waals surface area contributed by atoms with Gasteiger partial charge in [-0.3, -0.25) is 0 Å². The lowest BCUT2D eigenvalue weighted by Crippen LogP contribution is -2.20. The number of hydrogen-bond donors (Lipinski definition) is 1. The van der Waals surface area contributed by atoms with Gasteiger partial charge < -0.3 is 5.73 Å². The fourth-order valence-corrected chi connectivity index (χ4v) is 1.17. The largest absolute Gasteiger partial charge is 0.390 e. The molecule has 16 heavy (non-hydrogen) atoms. The fourth-order valence-electron chi connectivity index (χ4n) is 1.17. The number of alkyl halides is 3. The summed E-state index contributed by atoms with van der Waals surface area (Å²) in [4.78, 5) is 0. The van der Waals surface area contributed by atoms with Crippen LogP contribution < -0.4 is 5.73 Å². The van der Waals surface area contributed by atoms with Gasteiger partial charge in [-0.05, 0) is 17.7 Å². The van der Waals surface area contributed by atoms with Crippen LogP contribution in [-0.4, -0.2) is 6.18 Å². The summed E-state index contributed by atoms with van der Waals surface area (Å²) in [6.45, 7) is 0. The van der Waals surface area contributed by atoms with Crippen molar-refractivity contribution in [3.05, 3.63) is 35.4 Å². The van der Waals surface area contributed by atoms with E-state index in [0.717, 1.165) is 0 Å². The number of benzene rings is 1. The number of hydrogen-bond acceptors (Lipinski definition) is 2. The Morgan fingerprint density at radius 1 is 1.25 bits per heavy atom. The van der Waals surface area contributed by atoms with Crippen LogP contribution in [0.3, 0.4) is 0 Å². The topological polar surface area (TPSA) is 49.8 Å². The van der Waals surface area contributed by atoms with Crippen molar-refractivity contribution in [2.75, 3.05) is 0 Å². The summed E-state index contributed by atoms with van der Waals surface area (Å²) in [6.07, 6.45) is -5.33. The Balaban J connectivity index is 0.00000225. The maximum absolute atomic E-state index is 12.0. The Bertz CT molecular complexity index is 367. The third-order valence-corrected chi connectivity index (χ3v) is 1.92. The van der Waals surface area contributed by atoms with Gasteiger partial charge in [0.05, 0.1) is 18.1 Å². The van der Waals surface area contributed by atoms with Crippen LogP contribution in [0.15, 0.2) is 24.3 Å². The SMILES string of the molecule is Cl.N#Cc1ccc([C@@H](N)CC(F)(F)F)cc1. The highest BCUT2D eigenvalue weighted by molar-refractivity contribution is 5.85. The molecule has 0 radical (unpaired) electrons. The second-order valence-electron chi connectivity index (χ2n) is 3.16. The molecule has 0 saturated carbocycles. The first-order valence-corrected chi connectivity index (χ1v) is 4.25. The molecule has 1 aromatic rings. The Hall–Kier alpha value is -1.25. The molecule has 1 aromatic carbocycles. The maximum Gasteiger partial charge on any atom is 0.390 e. The highest BCUT2D eigenvalue weighted by Crippen LogP contribution is 2.27. The second kappa shape index (κ2) is 5.73. The molecule has 0 spiro atoms. The van der Waals surface area contributed by atoms with Gasteiger partial charge in [0.15, 0.2) is 0 Å². The highest BCUT2D eigenvalue weighted by atomic mass is 35.5. The van der Waals surface area contributed by atoms with Gasteiger partial charge in [-0.2, -0.15) is 18.4 Å². The summed E-state index contributed by atoms with van der Waals surface area (Å²) in [5.41, 5.74) is 6.15. The predicted molar refractivity (Wildman–Crippen MR) is 56.0 cm³/mol. The molecule has 1 rings (SSSR count). The van der Waals surface area contributed by atoms with Gasteiger partial charge >= 0.3 is 6.18 Å². The van der Waals surface area contributed by atoms with Crippen LogP contribution in [0.25, 0.3) is 0 Å². The molecule has 0 amide bonds. The number of nitriles is 1. The van der Waals surface area contributed by atoms with E-state index in [1.54, 1.807) is 0 Å². The van der Waals surface area contributed by atoms with Gasteiger partial charge in [0.25, 0.3) is 0 Å². The predicted octanol–water partition coefficient (Wildman–Crippen LogP) is 2.93. The van der Waals surface area contributed by atoms with Crippen LogP contribution in [-0.2, 0) is 0 Å². The lowest BCUT2D eigenvalue weighted by molar-refractivity contribution is -0.138. The van der Waals surface area contributed by atoms with Gasteiger partial charge in [0, 0.05) is 6.04 Å². The fraction of sp³-hybridized carbons (Fsp3) is 0.300. The Morgan fingerprint density at radius 2 is 1.75 bits per heavy atom. The van der Waals surface area contributed by atoms with Crippen molar-refractivity contribution in [1.82, 2.24) is 0 Å². The van der Waals surface area contributed by atoms with Crippen LogP contribution in [0.1, 0.15) is 23.6 Å². The van der Waals surface area contributed by atoms with E-state index < -0.39 is 18.6 Å². The van der Waals surface area contributed by atoms with Gasteiger partial charge in [-0.15, -0.1) is 12.4 Å². The number of nitrogens with zero attached hydrogens (tertiary/aromatic N) is 1. The summed E-state index contributed by atoms with van der Waals surface area (Å²) in [5, 5.41) is 8.49. The molecule has 2 nitrogen and oxygen atoms in total. The molecule has 0 fully saturated rings. The van der Waals surface area contributed by atoms with Crippen molar-refractivity contribution in [2.45, 2.75) is 18.6 Å². The van der Waals surface area contributed by atoms with Gasteiger partial charge in [0.1, 0.15) is 0 Å². The minimum atomic E-state index is -4.27. The number of nitrogens with two attached hydrogens (primary N) is 1. The quantitative estimate of drug-likeness (QED) is 0.877. The summed E-state index contributed by atoms with van der Waals surface area (Å²) >= 11 is 0. The molecule has 1 atom stereocenters. The van der Waals surface area contributed by atoms with E-state index in [9.17, 15) is 13.2 Å². The van der Waals surface area contributed by atoms with Crippen LogP contribution in [0.5, 0.6) is 0 Å². The van der Waals surface area contributed by atoms with Gasteiger partial charge in [0.2, 0.25) is 0 Å². The molecule has 88 valence electrons. The zero-order valence-electron chi connectivity index (χ0n) is 8.16. The Labute approximate surface area is 97.3 Å². The Kier molecular flexibility index (Phi) is 5.28. The van der Waals surface area contributed by atoms with Crippen molar-refractivity contribution in [3.8, 4) is 6.07 Å². The van der Waals surface area contributed by atoms with E-state index in [1.165, 1.54) is 24.3 Å². The molecule has 2 N–H and O–H groups in total. The van der Waals surface area contributed by atoms with Crippen molar-refractivity contribution >= 4 is 12.4 Å². The molecule has 0 saturated heterocycles. The molecular formula is C10H10ClF3N2. The molecule has 0 bridgehead atoms. The number of halogens is 4. The van der Waals surface area contributed by atoms with E-state index in [0.29, 0.717) is 11.1 Å². The molecule has 0 heterocycles. The highest BCUT2D eigenvalue weighted by Gasteiger charge is 2.30. The molecular weight excluding hydrogens is 241 g/mol. The summed E-state index contributed by atoms with van der Waals surface area (Å²) in [6, 6.07) is 6.59. The summed E-state index contributed by atoms with van der Waals surface area (Å²) < 4.78 is 36.0. The van der Waals surface area contributed by atoms with E-state index in [2.05, 4.69) is 0 Å². The second-order valence-corrected chi connectivity index (χ2v) is 3.16. The van der Waals surface area contributed by atoms with Gasteiger partial charge in [-0.25, -0.2) is 0 Å². The molecule has 0 aliphatic carbocycles. The van der Waals surface area contributed by atoms with E-state index in [1.807, 2.05) is 6.07 Å². The standard InChI is InChI=1S/C10H9F3N2.ClH/c11-10(12,13)5-9(15)8-3-1-7(6-14)2-4-8;/h1-4,9H,5,15H2;1H/t9-;/m0./s1. The minimum absolute atomic E-state index is 0. The maximum atomic E-state index is 12.0. The first-order valence-electron chi connectivity index (χ1n) is 4.25. The molecule has 0 aromatic heterocycles. The molecule has 0 aliphatic rings. The first-order chi connectivity index (χ1) is 6.92. The summed E-state index contributed by atoms with van der Waals surface area (Å²) in [5.74, 6) is 0. The van der Waals surface area contributed by atoms with Crippen LogP contribution in [0.4, 0.5) is 13.2 Å². The molecule has 6 heteroatoms. The van der Waals surface area contributed by atoms with Gasteiger partial charge in [-0.1, -0.05) is 12.1 Å². The van der Waals surface area contributed by atoms with Crippen LogP contribution >= 0.6 is 12.4 Å². The molecule has 0 unspecified atom stereocenters. The smallest absolute Gasteiger partial charge is 0.324 e. The lowest BCUT2D eigenvalue weighted by atomic mass is 10.0. The number of rotatable bonds is 2. The van der Waals surface area contributed by atoms with Crippen LogP contribution in [0.2, 0.25) is 0 Å². The average Bonchev–Trinajstić information content (AvgIpc) is 2.15. The lowest BCUT2D eigenvalue weighted by Gasteiger charge is -2.14. The first kappa shape index (κ1) is 14.8. The van der Waals surface area contributed by atoms with E-state index in [4.69, 9.17) is 11.0 Å². The molecule has 0 aliphatic heterocycles. The minimum Gasteiger partial charge on any atom is -0.324 e. The van der Waals surface area contributed by atoms with Crippen molar-refractivity contribution < 1.29 is 13.2 Å². The van der Waals surface area contributed by atoms with Crippen LogP contribution in [0, 0.1) is 11.3 Å². The third kappa shape index (κ3) is 4.51. The average molecular weight is 251 g/mol. The summed E-state index contributed by atoms with van der Waals surface area (Å²) in [7, 11) is 0. The van der Waals surface area contributed by atoms with E-state index >= 15 is 0 Å². The Morgan fingerprint density at radius 3 is 2.12 bits per heavy atom. The zero-order valence-corrected chi connectivity index (χ0v) is 8.98. The zero-order chi connectivity index (χ0) is 11.5. The van der Waals surface area contributed by atoms with Crippen molar-refractivity contribution in [3.63, 3.8) is 0 Å². The van der Waals surface area contributed by atoms with Crippen molar-refractivity contribution in [1.29, 1.82) is 5.26 Å². The monoisotopic (exact) mass is 250 g/mol. The normalized spacial score (nSPS) is 12.4. The van der Waals surface area contributed by atoms with E-state index in [-0.39, 0.29) is 12.4 Å². The third-order valence-electron chi connectivity index (χ3n) is 1.92.